The average Bonchev–Trinajstić information content (AvgIpc) is 3.06. The van der Waals surface area contributed by atoms with Crippen LogP contribution in [-0.2, 0) is 18.9 Å². The van der Waals surface area contributed by atoms with Gasteiger partial charge in [0.2, 0.25) is 0 Å². The molecule has 21 heavy (non-hydrogen) atoms. The van der Waals surface area contributed by atoms with Crippen LogP contribution in [-0.4, -0.2) is 46.6 Å². The molecule has 7 heteroatoms. The number of aromatic nitrogens is 1. The molecule has 3 heterocycles. The van der Waals surface area contributed by atoms with Gasteiger partial charge >= 0.3 is 0 Å². The second kappa shape index (κ2) is 5.26. The van der Waals surface area contributed by atoms with E-state index in [0.717, 1.165) is 0 Å². The van der Waals surface area contributed by atoms with Crippen LogP contribution in [0.25, 0.3) is 0 Å². The second-order valence-corrected chi connectivity index (χ2v) is 7.17. The molecular formula is C14H21NO5S. The summed E-state index contributed by atoms with van der Waals surface area (Å²) in [4.78, 5) is 4.16. The Morgan fingerprint density at radius 1 is 1.24 bits per heavy atom. The molecule has 0 aromatic carbocycles. The van der Waals surface area contributed by atoms with E-state index in [2.05, 4.69) is 4.98 Å². The molecule has 0 radical (unpaired) electrons. The van der Waals surface area contributed by atoms with Crippen molar-refractivity contribution in [3.05, 3.63) is 16.6 Å². The third kappa shape index (κ3) is 3.13. The molecular weight excluding hydrogens is 294 g/mol. The molecule has 6 nitrogen and oxygen atoms in total. The Morgan fingerprint density at radius 2 is 2.00 bits per heavy atom. The van der Waals surface area contributed by atoms with Crippen molar-refractivity contribution in [2.24, 2.45) is 0 Å². The van der Waals surface area contributed by atoms with Crippen molar-refractivity contribution >= 4 is 11.3 Å². The molecule has 2 fully saturated rings. The SMILES string of the molecule is CC1(C)OCC([C@H]2OC(C)(C)O[C@@H]2[C@H](O)c2nccs2)O1. The maximum Gasteiger partial charge on any atom is 0.164 e. The minimum atomic E-state index is -0.843. The Labute approximate surface area is 128 Å². The van der Waals surface area contributed by atoms with Crippen molar-refractivity contribution in [1.82, 2.24) is 4.98 Å². The highest BCUT2D eigenvalue weighted by molar-refractivity contribution is 7.09. The average molecular weight is 315 g/mol. The van der Waals surface area contributed by atoms with Crippen molar-refractivity contribution in [2.75, 3.05) is 6.61 Å². The molecule has 2 saturated heterocycles. The van der Waals surface area contributed by atoms with E-state index >= 15 is 0 Å². The molecule has 118 valence electrons. The Morgan fingerprint density at radius 3 is 2.57 bits per heavy atom. The highest BCUT2D eigenvalue weighted by Gasteiger charge is 2.52. The maximum atomic E-state index is 10.5. The van der Waals surface area contributed by atoms with Crippen molar-refractivity contribution in [3.63, 3.8) is 0 Å². The zero-order valence-corrected chi connectivity index (χ0v) is 13.4. The summed E-state index contributed by atoms with van der Waals surface area (Å²) in [6, 6.07) is 0. The lowest BCUT2D eigenvalue weighted by atomic mass is 10.0. The number of hydrogen-bond donors (Lipinski definition) is 1. The summed E-state index contributed by atoms with van der Waals surface area (Å²) in [7, 11) is 0. The van der Waals surface area contributed by atoms with Gasteiger partial charge in [-0.05, 0) is 27.7 Å². The third-order valence-electron chi connectivity index (χ3n) is 3.58. The van der Waals surface area contributed by atoms with Crippen LogP contribution >= 0.6 is 11.3 Å². The first-order valence-electron chi connectivity index (χ1n) is 7.02. The van der Waals surface area contributed by atoms with Gasteiger partial charge in [-0.2, -0.15) is 0 Å². The molecule has 2 aliphatic heterocycles. The molecule has 0 bridgehead atoms. The topological polar surface area (TPSA) is 70.0 Å². The predicted molar refractivity (Wildman–Crippen MR) is 75.8 cm³/mol. The summed E-state index contributed by atoms with van der Waals surface area (Å²) in [5.41, 5.74) is 0. The third-order valence-corrected chi connectivity index (χ3v) is 4.42. The van der Waals surface area contributed by atoms with Crippen molar-refractivity contribution < 1.29 is 24.1 Å². The van der Waals surface area contributed by atoms with Gasteiger partial charge in [-0.25, -0.2) is 4.98 Å². The van der Waals surface area contributed by atoms with E-state index < -0.39 is 29.9 Å². The molecule has 0 aliphatic carbocycles. The smallest absolute Gasteiger partial charge is 0.164 e. The van der Waals surface area contributed by atoms with Gasteiger partial charge in [-0.15, -0.1) is 11.3 Å². The standard InChI is InChI=1S/C14H21NO5S/c1-13(2)17-7-8(18-13)10-11(20-14(3,4)19-10)9(16)12-15-5-6-21-12/h5-6,8-11,16H,7H2,1-4H3/t8?,9-,10+,11+/m0/s1. The summed E-state index contributed by atoms with van der Waals surface area (Å²) >= 11 is 1.39. The number of aliphatic hydroxyl groups excluding tert-OH is 1. The monoisotopic (exact) mass is 315 g/mol. The fourth-order valence-corrected chi connectivity index (χ4v) is 3.40. The van der Waals surface area contributed by atoms with Gasteiger partial charge in [0.1, 0.15) is 29.4 Å². The zero-order valence-electron chi connectivity index (χ0n) is 12.6. The number of nitrogens with zero attached hydrogens (tertiary/aromatic N) is 1. The highest BCUT2D eigenvalue weighted by Crippen LogP contribution is 2.40. The lowest BCUT2D eigenvalue weighted by molar-refractivity contribution is -0.175. The first-order chi connectivity index (χ1) is 9.77. The molecule has 1 unspecified atom stereocenters. The van der Waals surface area contributed by atoms with Gasteiger partial charge in [0.05, 0.1) is 6.61 Å². The number of hydrogen-bond acceptors (Lipinski definition) is 7. The maximum absolute atomic E-state index is 10.5. The van der Waals surface area contributed by atoms with E-state index in [1.54, 1.807) is 6.20 Å². The van der Waals surface area contributed by atoms with Crippen LogP contribution in [0.4, 0.5) is 0 Å². The minimum Gasteiger partial charge on any atom is -0.383 e. The van der Waals surface area contributed by atoms with Gasteiger partial charge in [-0.1, -0.05) is 0 Å². The van der Waals surface area contributed by atoms with Gasteiger partial charge in [0.15, 0.2) is 11.6 Å². The fraction of sp³-hybridized carbons (Fsp3) is 0.786. The lowest BCUT2D eigenvalue weighted by Gasteiger charge is -2.25. The van der Waals surface area contributed by atoms with E-state index in [0.29, 0.717) is 11.6 Å². The first kappa shape index (κ1) is 15.3. The number of aliphatic hydroxyl groups is 1. The molecule has 0 spiro atoms. The van der Waals surface area contributed by atoms with Crippen LogP contribution < -0.4 is 0 Å². The van der Waals surface area contributed by atoms with E-state index in [1.807, 2.05) is 33.1 Å². The normalized spacial score (nSPS) is 36.0. The second-order valence-electron chi connectivity index (χ2n) is 6.25. The highest BCUT2D eigenvalue weighted by atomic mass is 32.1. The Hall–Kier alpha value is -0.570. The van der Waals surface area contributed by atoms with E-state index in [9.17, 15) is 5.11 Å². The van der Waals surface area contributed by atoms with Crippen molar-refractivity contribution in [1.29, 1.82) is 0 Å². The summed E-state index contributed by atoms with van der Waals surface area (Å²) in [6.45, 7) is 7.80. The molecule has 1 N–H and O–H groups in total. The van der Waals surface area contributed by atoms with Crippen LogP contribution in [0.5, 0.6) is 0 Å². The lowest BCUT2D eigenvalue weighted by Crippen LogP contribution is -2.41. The Kier molecular flexibility index (Phi) is 3.84. The van der Waals surface area contributed by atoms with Gasteiger partial charge in [0.25, 0.3) is 0 Å². The zero-order chi connectivity index (χ0) is 15.3. The van der Waals surface area contributed by atoms with Crippen LogP contribution in [0.15, 0.2) is 11.6 Å². The first-order valence-corrected chi connectivity index (χ1v) is 7.90. The van der Waals surface area contributed by atoms with Crippen LogP contribution in [0.1, 0.15) is 38.8 Å². The van der Waals surface area contributed by atoms with Gasteiger partial charge < -0.3 is 24.1 Å². The Balaban J connectivity index is 1.80. The molecule has 3 rings (SSSR count). The number of rotatable bonds is 3. The van der Waals surface area contributed by atoms with Crippen LogP contribution in [0.2, 0.25) is 0 Å². The Bertz CT molecular complexity index is 490. The quantitative estimate of drug-likeness (QED) is 0.918. The number of ether oxygens (including phenoxy) is 4. The largest absolute Gasteiger partial charge is 0.383 e. The minimum absolute atomic E-state index is 0.276. The van der Waals surface area contributed by atoms with E-state index in [-0.39, 0.29) is 6.10 Å². The fourth-order valence-electron chi connectivity index (χ4n) is 2.75. The van der Waals surface area contributed by atoms with Crippen molar-refractivity contribution in [3.8, 4) is 0 Å². The molecule has 0 saturated carbocycles. The van der Waals surface area contributed by atoms with Gasteiger partial charge in [0, 0.05) is 11.6 Å². The van der Waals surface area contributed by atoms with Crippen LogP contribution in [0.3, 0.4) is 0 Å². The molecule has 1 aromatic heterocycles. The molecule has 2 aliphatic rings. The summed E-state index contributed by atoms with van der Waals surface area (Å²) < 4.78 is 23.3. The number of thiazole rings is 1. The molecule has 4 atom stereocenters. The summed E-state index contributed by atoms with van der Waals surface area (Å²) in [5.74, 6) is -1.42. The molecule has 0 amide bonds. The van der Waals surface area contributed by atoms with E-state index in [4.69, 9.17) is 18.9 Å². The van der Waals surface area contributed by atoms with Crippen LogP contribution in [0, 0.1) is 0 Å². The van der Waals surface area contributed by atoms with E-state index in [1.165, 1.54) is 11.3 Å². The van der Waals surface area contributed by atoms with Gasteiger partial charge in [-0.3, -0.25) is 0 Å². The van der Waals surface area contributed by atoms with Crippen molar-refractivity contribution in [2.45, 2.75) is 63.7 Å². The summed E-state index contributed by atoms with van der Waals surface area (Å²) in [5, 5.41) is 13.0. The predicted octanol–water partition coefficient (Wildman–Crippen LogP) is 1.85. The summed E-state index contributed by atoms with van der Waals surface area (Å²) in [6.07, 6.45) is -0.392. The molecule has 1 aromatic rings.